The molecule has 0 saturated heterocycles. The number of para-hydroxylation sites is 1. The molecule has 26 heavy (non-hydrogen) atoms. The predicted molar refractivity (Wildman–Crippen MR) is 113 cm³/mol. The van der Waals surface area contributed by atoms with Crippen LogP contribution in [0.5, 0.6) is 5.75 Å². The summed E-state index contributed by atoms with van der Waals surface area (Å²) in [6, 6.07) is 8.01. The number of aryl methyl sites for hydroxylation is 3. The number of nitrogens with one attached hydrogen (secondary N) is 2. The molecule has 0 radical (unpaired) electrons. The Bertz CT molecular complexity index is 690. The number of ether oxygens (including phenoxy) is 1. The maximum atomic E-state index is 5.95. The number of guanidine groups is 1. The first-order chi connectivity index (χ1) is 12.1. The van der Waals surface area contributed by atoms with Crippen molar-refractivity contribution in [3.05, 3.63) is 41.5 Å². The molecule has 8 heteroatoms. The fourth-order valence-corrected chi connectivity index (χ4v) is 2.30. The van der Waals surface area contributed by atoms with E-state index in [4.69, 9.17) is 9.26 Å². The fraction of sp³-hybridized carbons (Fsp3) is 0.500. The zero-order chi connectivity index (χ0) is 18.1. The van der Waals surface area contributed by atoms with E-state index >= 15 is 0 Å². The normalized spacial score (nSPS) is 12.2. The third-order valence-electron chi connectivity index (χ3n) is 3.63. The number of aliphatic imine (C=N–C) groups is 1. The fourth-order valence-electron chi connectivity index (χ4n) is 2.30. The molecule has 1 aromatic carbocycles. The SMILES string of the molecule is CN=C(NCCCc1nc(C)no1)NCC(C)Oc1ccccc1C.I. The van der Waals surface area contributed by atoms with Gasteiger partial charge in [-0.1, -0.05) is 23.4 Å². The minimum Gasteiger partial charge on any atom is -0.489 e. The molecule has 0 aliphatic carbocycles. The van der Waals surface area contributed by atoms with Crippen molar-refractivity contribution in [2.24, 2.45) is 4.99 Å². The van der Waals surface area contributed by atoms with Crippen LogP contribution in [-0.4, -0.2) is 42.3 Å². The highest BCUT2D eigenvalue weighted by atomic mass is 127. The average molecular weight is 473 g/mol. The van der Waals surface area contributed by atoms with Gasteiger partial charge in [-0.3, -0.25) is 4.99 Å². The van der Waals surface area contributed by atoms with E-state index in [0.29, 0.717) is 18.3 Å². The van der Waals surface area contributed by atoms with Gasteiger partial charge in [0.15, 0.2) is 11.8 Å². The third kappa shape index (κ3) is 7.59. The van der Waals surface area contributed by atoms with Gasteiger partial charge in [-0.15, -0.1) is 24.0 Å². The standard InChI is InChI=1S/C18H27N5O2.HI/c1-13-8-5-6-9-16(13)24-14(2)12-21-18(19-4)20-11-7-10-17-22-15(3)23-25-17;/h5-6,8-9,14H,7,10-12H2,1-4H3,(H2,19,20,21);1H. The lowest BCUT2D eigenvalue weighted by Crippen LogP contribution is -2.42. The first-order valence-corrected chi connectivity index (χ1v) is 8.54. The minimum absolute atomic E-state index is 0. The van der Waals surface area contributed by atoms with Gasteiger partial charge in [0.05, 0.1) is 6.54 Å². The van der Waals surface area contributed by atoms with E-state index in [2.05, 4.69) is 25.8 Å². The molecule has 0 spiro atoms. The predicted octanol–water partition coefficient (Wildman–Crippen LogP) is 2.87. The Labute approximate surface area is 172 Å². The Morgan fingerprint density at radius 1 is 1.27 bits per heavy atom. The Morgan fingerprint density at radius 3 is 2.69 bits per heavy atom. The van der Waals surface area contributed by atoms with E-state index in [-0.39, 0.29) is 30.1 Å². The average Bonchev–Trinajstić information content (AvgIpc) is 3.01. The van der Waals surface area contributed by atoms with Crippen molar-refractivity contribution in [3.8, 4) is 5.75 Å². The van der Waals surface area contributed by atoms with Crippen molar-refractivity contribution >= 4 is 29.9 Å². The summed E-state index contributed by atoms with van der Waals surface area (Å²) in [5.74, 6) is 3.00. The second-order valence-electron chi connectivity index (χ2n) is 5.91. The van der Waals surface area contributed by atoms with Crippen LogP contribution in [0.4, 0.5) is 0 Å². The molecule has 1 aromatic heterocycles. The molecule has 0 aliphatic heterocycles. The molecule has 2 aromatic rings. The number of aromatic nitrogens is 2. The Hall–Kier alpha value is -1.84. The maximum absolute atomic E-state index is 5.95. The Balaban J connectivity index is 0.00000338. The van der Waals surface area contributed by atoms with E-state index in [1.807, 2.05) is 45.0 Å². The number of rotatable bonds is 8. The number of hydrogen-bond donors (Lipinski definition) is 2. The number of hydrogen-bond acceptors (Lipinski definition) is 5. The first-order valence-electron chi connectivity index (χ1n) is 8.54. The molecule has 0 saturated carbocycles. The lowest BCUT2D eigenvalue weighted by molar-refractivity contribution is 0.222. The number of nitrogens with zero attached hydrogens (tertiary/aromatic N) is 3. The van der Waals surface area contributed by atoms with Gasteiger partial charge >= 0.3 is 0 Å². The molecule has 1 unspecified atom stereocenters. The Kier molecular flexibility index (Phi) is 10.0. The van der Waals surface area contributed by atoms with Crippen LogP contribution in [-0.2, 0) is 6.42 Å². The van der Waals surface area contributed by atoms with Crippen molar-refractivity contribution in [1.29, 1.82) is 0 Å². The summed E-state index contributed by atoms with van der Waals surface area (Å²) in [6.45, 7) is 7.33. The van der Waals surface area contributed by atoms with Crippen LogP contribution in [0.25, 0.3) is 0 Å². The quantitative estimate of drug-likeness (QED) is 0.266. The van der Waals surface area contributed by atoms with E-state index < -0.39 is 0 Å². The molecule has 0 aliphatic rings. The Morgan fingerprint density at radius 2 is 2.04 bits per heavy atom. The molecule has 144 valence electrons. The summed E-state index contributed by atoms with van der Waals surface area (Å²) < 4.78 is 11.0. The molecule has 2 rings (SSSR count). The van der Waals surface area contributed by atoms with Gasteiger partial charge in [-0.05, 0) is 38.8 Å². The van der Waals surface area contributed by atoms with E-state index in [0.717, 1.165) is 36.7 Å². The minimum atomic E-state index is 0. The van der Waals surface area contributed by atoms with Crippen LogP contribution in [0.15, 0.2) is 33.8 Å². The van der Waals surface area contributed by atoms with Gasteiger partial charge in [0.2, 0.25) is 5.89 Å². The molecule has 7 nitrogen and oxygen atoms in total. The highest BCUT2D eigenvalue weighted by Crippen LogP contribution is 2.17. The first kappa shape index (κ1) is 22.2. The summed E-state index contributed by atoms with van der Waals surface area (Å²) in [5.41, 5.74) is 1.13. The van der Waals surface area contributed by atoms with Crippen LogP contribution in [0.1, 0.15) is 30.6 Å². The van der Waals surface area contributed by atoms with E-state index in [1.165, 1.54) is 0 Å². The highest BCUT2D eigenvalue weighted by molar-refractivity contribution is 14.0. The van der Waals surface area contributed by atoms with Crippen molar-refractivity contribution in [2.75, 3.05) is 20.1 Å². The number of halogens is 1. The van der Waals surface area contributed by atoms with Crippen LogP contribution in [0.2, 0.25) is 0 Å². The smallest absolute Gasteiger partial charge is 0.226 e. The maximum Gasteiger partial charge on any atom is 0.226 e. The molecule has 0 amide bonds. The van der Waals surface area contributed by atoms with Gasteiger partial charge in [-0.2, -0.15) is 4.98 Å². The van der Waals surface area contributed by atoms with Gasteiger partial charge < -0.3 is 19.9 Å². The summed E-state index contributed by atoms with van der Waals surface area (Å²) in [4.78, 5) is 8.41. The molecular weight excluding hydrogens is 445 g/mol. The summed E-state index contributed by atoms with van der Waals surface area (Å²) in [5, 5.41) is 10.3. The summed E-state index contributed by atoms with van der Waals surface area (Å²) in [7, 11) is 1.75. The second kappa shape index (κ2) is 11.7. The molecular formula is C18H28IN5O2. The van der Waals surface area contributed by atoms with Crippen molar-refractivity contribution in [2.45, 2.75) is 39.7 Å². The molecule has 1 heterocycles. The largest absolute Gasteiger partial charge is 0.489 e. The zero-order valence-electron chi connectivity index (χ0n) is 15.8. The van der Waals surface area contributed by atoms with Gasteiger partial charge in [-0.25, -0.2) is 0 Å². The van der Waals surface area contributed by atoms with Crippen molar-refractivity contribution in [3.63, 3.8) is 0 Å². The van der Waals surface area contributed by atoms with Crippen LogP contribution in [0.3, 0.4) is 0 Å². The summed E-state index contributed by atoms with van der Waals surface area (Å²) in [6.07, 6.45) is 1.66. The van der Waals surface area contributed by atoms with E-state index in [9.17, 15) is 0 Å². The van der Waals surface area contributed by atoms with E-state index in [1.54, 1.807) is 7.05 Å². The van der Waals surface area contributed by atoms with Gasteiger partial charge in [0.25, 0.3) is 0 Å². The second-order valence-corrected chi connectivity index (χ2v) is 5.91. The van der Waals surface area contributed by atoms with Crippen LogP contribution >= 0.6 is 24.0 Å². The third-order valence-corrected chi connectivity index (χ3v) is 3.63. The van der Waals surface area contributed by atoms with Crippen molar-refractivity contribution in [1.82, 2.24) is 20.8 Å². The monoisotopic (exact) mass is 473 g/mol. The topological polar surface area (TPSA) is 84.6 Å². The molecule has 1 atom stereocenters. The molecule has 0 fully saturated rings. The number of benzene rings is 1. The van der Waals surface area contributed by atoms with Gasteiger partial charge in [0.1, 0.15) is 11.9 Å². The highest BCUT2D eigenvalue weighted by Gasteiger charge is 2.07. The van der Waals surface area contributed by atoms with Crippen LogP contribution in [0, 0.1) is 13.8 Å². The summed E-state index contributed by atoms with van der Waals surface area (Å²) >= 11 is 0. The molecule has 2 N–H and O–H groups in total. The zero-order valence-corrected chi connectivity index (χ0v) is 18.1. The van der Waals surface area contributed by atoms with Gasteiger partial charge in [0, 0.05) is 20.0 Å². The lowest BCUT2D eigenvalue weighted by atomic mass is 10.2. The lowest BCUT2D eigenvalue weighted by Gasteiger charge is -2.18. The van der Waals surface area contributed by atoms with Crippen molar-refractivity contribution < 1.29 is 9.26 Å². The van der Waals surface area contributed by atoms with Crippen LogP contribution < -0.4 is 15.4 Å². The molecule has 0 bridgehead atoms.